The summed E-state index contributed by atoms with van der Waals surface area (Å²) in [5.74, 6) is -0.736. The fourth-order valence-corrected chi connectivity index (χ4v) is 2.40. The van der Waals surface area contributed by atoms with Crippen molar-refractivity contribution in [3.63, 3.8) is 0 Å². The third kappa shape index (κ3) is 2.10. The Morgan fingerprint density at radius 2 is 1.88 bits per heavy atom. The van der Waals surface area contributed by atoms with Crippen molar-refractivity contribution in [2.45, 2.75) is 47.1 Å². The van der Waals surface area contributed by atoms with Crippen LogP contribution < -0.4 is 11.1 Å². The molecule has 1 rings (SSSR count). The van der Waals surface area contributed by atoms with Crippen LogP contribution >= 0.6 is 0 Å². The van der Waals surface area contributed by atoms with Crippen LogP contribution in [0.5, 0.6) is 0 Å². The Hall–Kier alpha value is -1.26. The highest BCUT2D eigenvalue weighted by atomic mass is 16.4. The Balaban J connectivity index is 2.69. The lowest BCUT2D eigenvalue weighted by molar-refractivity contribution is -0.123. The van der Waals surface area contributed by atoms with Gasteiger partial charge >= 0.3 is 0 Å². The van der Waals surface area contributed by atoms with Crippen LogP contribution in [0.2, 0.25) is 0 Å². The van der Waals surface area contributed by atoms with Gasteiger partial charge in [0.05, 0.1) is 5.92 Å². The maximum atomic E-state index is 12.0. The predicted octanol–water partition coefficient (Wildman–Crippen LogP) is 1.31. The fourth-order valence-electron chi connectivity index (χ4n) is 2.40. The number of carbonyl (C=O) groups excluding carboxylic acids is 1. The minimum absolute atomic E-state index is 0.0266. The highest BCUT2D eigenvalue weighted by Crippen LogP contribution is 2.62. The van der Waals surface area contributed by atoms with Crippen LogP contribution in [0, 0.1) is 16.7 Å². The van der Waals surface area contributed by atoms with Crippen molar-refractivity contribution in [2.75, 3.05) is 0 Å². The molecule has 1 saturated carbocycles. The summed E-state index contributed by atoms with van der Waals surface area (Å²) >= 11 is 0. The Bertz CT molecular complexity index is 334. The number of hydrogen-bond donors (Lipinski definition) is 3. The Labute approximate surface area is 102 Å². The van der Waals surface area contributed by atoms with Gasteiger partial charge in [0.25, 0.3) is 0 Å². The van der Waals surface area contributed by atoms with E-state index in [2.05, 4.69) is 38.2 Å². The normalized spacial score (nSPS) is 24.2. The zero-order valence-electron chi connectivity index (χ0n) is 11.2. The monoisotopic (exact) mass is 241 g/mol. The molecule has 1 atom stereocenters. The number of nitrogens with one attached hydrogen (secondary N) is 1. The van der Waals surface area contributed by atoms with E-state index in [1.807, 2.05) is 6.92 Å². The number of amides is 1. The molecular weight excluding hydrogens is 218 g/mol. The maximum absolute atomic E-state index is 12.0. The molecule has 5 heteroatoms. The summed E-state index contributed by atoms with van der Waals surface area (Å²) in [6.07, 6.45) is 0.523. The molecule has 0 aromatic rings. The summed E-state index contributed by atoms with van der Waals surface area (Å²) < 4.78 is 0. The average Bonchev–Trinajstić information content (AvgIpc) is 2.61. The van der Waals surface area contributed by atoms with Crippen LogP contribution in [0.1, 0.15) is 41.0 Å². The van der Waals surface area contributed by atoms with Gasteiger partial charge in [-0.2, -0.15) is 0 Å². The number of amidine groups is 1. The van der Waals surface area contributed by atoms with Crippen molar-refractivity contribution in [3.05, 3.63) is 0 Å². The molecule has 0 aliphatic heterocycles. The van der Waals surface area contributed by atoms with Gasteiger partial charge < -0.3 is 16.3 Å². The highest BCUT2D eigenvalue weighted by molar-refractivity contribution is 6.02. The number of hydrogen-bond acceptors (Lipinski definition) is 3. The summed E-state index contributed by atoms with van der Waals surface area (Å²) in [6, 6.07) is 0.142. The van der Waals surface area contributed by atoms with Crippen LogP contribution in [0.15, 0.2) is 5.16 Å². The second-order valence-electron chi connectivity index (χ2n) is 5.87. The van der Waals surface area contributed by atoms with Gasteiger partial charge in [-0.3, -0.25) is 4.79 Å². The molecule has 0 saturated heterocycles. The van der Waals surface area contributed by atoms with E-state index >= 15 is 0 Å². The molecule has 0 aromatic carbocycles. The summed E-state index contributed by atoms with van der Waals surface area (Å²) in [6.45, 7) is 10.3. The van der Waals surface area contributed by atoms with Gasteiger partial charge in [0.1, 0.15) is 0 Å². The Morgan fingerprint density at radius 1 is 1.41 bits per heavy atom. The van der Waals surface area contributed by atoms with E-state index in [9.17, 15) is 4.79 Å². The first kappa shape index (κ1) is 13.8. The van der Waals surface area contributed by atoms with Gasteiger partial charge in [0, 0.05) is 6.04 Å². The summed E-state index contributed by atoms with van der Waals surface area (Å²) in [5, 5.41) is 14.5. The van der Waals surface area contributed by atoms with E-state index in [4.69, 9.17) is 10.9 Å². The summed E-state index contributed by atoms with van der Waals surface area (Å²) in [4.78, 5) is 12.0. The molecule has 1 fully saturated rings. The molecule has 5 nitrogen and oxygen atoms in total. The topological polar surface area (TPSA) is 87.7 Å². The second-order valence-corrected chi connectivity index (χ2v) is 5.87. The number of carbonyl (C=O) groups is 1. The number of nitrogens with two attached hydrogens (primary N) is 1. The molecule has 0 bridgehead atoms. The minimum atomic E-state index is -0.549. The molecular formula is C12H23N3O2. The smallest absolute Gasteiger partial charge is 0.231 e. The number of rotatable bonds is 4. The van der Waals surface area contributed by atoms with Crippen LogP contribution in [0.25, 0.3) is 0 Å². The molecule has 17 heavy (non-hydrogen) atoms. The lowest BCUT2D eigenvalue weighted by Gasteiger charge is -2.14. The average molecular weight is 241 g/mol. The van der Waals surface area contributed by atoms with Crippen molar-refractivity contribution in [1.82, 2.24) is 5.32 Å². The SMILES string of the molecule is CCC(C(=O)NC1C(C)(C)C1(C)C)C(N)=NO. The Morgan fingerprint density at radius 3 is 2.18 bits per heavy atom. The van der Waals surface area contributed by atoms with Crippen molar-refractivity contribution in [3.8, 4) is 0 Å². The maximum Gasteiger partial charge on any atom is 0.231 e. The van der Waals surface area contributed by atoms with Crippen molar-refractivity contribution in [1.29, 1.82) is 0 Å². The van der Waals surface area contributed by atoms with Gasteiger partial charge in [0.2, 0.25) is 5.91 Å². The molecule has 1 unspecified atom stereocenters. The van der Waals surface area contributed by atoms with Gasteiger partial charge in [-0.25, -0.2) is 0 Å². The fraction of sp³-hybridized carbons (Fsp3) is 0.833. The predicted molar refractivity (Wildman–Crippen MR) is 66.7 cm³/mol. The molecule has 1 amide bonds. The molecule has 1 aliphatic rings. The van der Waals surface area contributed by atoms with E-state index in [0.717, 1.165) is 0 Å². The largest absolute Gasteiger partial charge is 0.409 e. The zero-order valence-corrected chi connectivity index (χ0v) is 11.2. The Kier molecular flexibility index (Phi) is 3.41. The van der Waals surface area contributed by atoms with E-state index in [1.165, 1.54) is 0 Å². The first-order valence-corrected chi connectivity index (χ1v) is 5.98. The summed E-state index contributed by atoms with van der Waals surface area (Å²) in [5.41, 5.74) is 5.68. The van der Waals surface area contributed by atoms with Gasteiger partial charge in [0.15, 0.2) is 5.84 Å². The lowest BCUT2D eigenvalue weighted by Crippen LogP contribution is -2.41. The first-order chi connectivity index (χ1) is 7.70. The minimum Gasteiger partial charge on any atom is -0.409 e. The lowest BCUT2D eigenvalue weighted by atomic mass is 10.0. The standard InChI is InChI=1S/C12H23N3O2/c1-6-7(8(13)15-17)9(16)14-10-11(2,3)12(10,4)5/h7,10,17H,6H2,1-5H3,(H2,13,15)(H,14,16). The third-order valence-electron chi connectivity index (χ3n) is 4.50. The molecule has 4 N–H and O–H groups in total. The summed E-state index contributed by atoms with van der Waals surface area (Å²) in [7, 11) is 0. The van der Waals surface area contributed by atoms with E-state index in [0.29, 0.717) is 6.42 Å². The van der Waals surface area contributed by atoms with E-state index in [-0.39, 0.29) is 28.6 Å². The van der Waals surface area contributed by atoms with Crippen LogP contribution in [0.3, 0.4) is 0 Å². The van der Waals surface area contributed by atoms with Crippen LogP contribution in [-0.4, -0.2) is 23.0 Å². The van der Waals surface area contributed by atoms with Crippen LogP contribution in [0.4, 0.5) is 0 Å². The second kappa shape index (κ2) is 4.20. The van der Waals surface area contributed by atoms with Crippen molar-refractivity contribution in [2.24, 2.45) is 27.6 Å². The third-order valence-corrected chi connectivity index (χ3v) is 4.50. The number of nitrogens with zero attached hydrogens (tertiary/aromatic N) is 1. The zero-order chi connectivity index (χ0) is 13.4. The molecule has 0 heterocycles. The molecule has 0 radical (unpaired) electrons. The quantitative estimate of drug-likeness (QED) is 0.300. The van der Waals surface area contributed by atoms with E-state index < -0.39 is 5.92 Å². The van der Waals surface area contributed by atoms with Crippen LogP contribution in [-0.2, 0) is 4.79 Å². The van der Waals surface area contributed by atoms with Gasteiger partial charge in [-0.05, 0) is 17.3 Å². The molecule has 0 aromatic heterocycles. The molecule has 0 spiro atoms. The van der Waals surface area contributed by atoms with Gasteiger partial charge in [-0.1, -0.05) is 39.8 Å². The van der Waals surface area contributed by atoms with Gasteiger partial charge in [-0.15, -0.1) is 0 Å². The first-order valence-electron chi connectivity index (χ1n) is 5.98. The molecule has 1 aliphatic carbocycles. The molecule has 98 valence electrons. The highest BCUT2D eigenvalue weighted by Gasteiger charge is 2.65. The van der Waals surface area contributed by atoms with Crippen molar-refractivity contribution < 1.29 is 10.0 Å². The number of oxime groups is 1. The van der Waals surface area contributed by atoms with E-state index in [1.54, 1.807) is 0 Å². The van der Waals surface area contributed by atoms with Crippen molar-refractivity contribution >= 4 is 11.7 Å².